The minimum atomic E-state index is -0.901. The first kappa shape index (κ1) is 15.4. The van der Waals surface area contributed by atoms with E-state index < -0.39 is 11.6 Å². The minimum absolute atomic E-state index is 0.319. The molecular formula is C17H19F2NO. The van der Waals surface area contributed by atoms with E-state index >= 15 is 0 Å². The SMILES string of the molecule is CC(C)NCc1cccc(COc2ccc(F)c(F)c2)c1. The van der Waals surface area contributed by atoms with Gasteiger partial charge in [0.2, 0.25) is 0 Å². The molecule has 2 aromatic rings. The van der Waals surface area contributed by atoms with Crippen molar-refractivity contribution in [2.75, 3.05) is 0 Å². The third-order valence-electron chi connectivity index (χ3n) is 3.00. The molecule has 0 heterocycles. The van der Waals surface area contributed by atoms with Crippen LogP contribution < -0.4 is 10.1 Å². The van der Waals surface area contributed by atoms with Crippen LogP contribution in [0.1, 0.15) is 25.0 Å². The van der Waals surface area contributed by atoms with Gasteiger partial charge in [0.25, 0.3) is 0 Å². The molecule has 2 nitrogen and oxygen atoms in total. The Kier molecular flexibility index (Phi) is 5.28. The average Bonchev–Trinajstić information content (AvgIpc) is 2.47. The maximum absolute atomic E-state index is 13.1. The summed E-state index contributed by atoms with van der Waals surface area (Å²) in [5.41, 5.74) is 2.15. The van der Waals surface area contributed by atoms with Crippen molar-refractivity contribution in [3.63, 3.8) is 0 Å². The molecule has 0 atom stereocenters. The molecule has 2 aromatic carbocycles. The maximum atomic E-state index is 13.1. The molecule has 0 aliphatic heterocycles. The monoisotopic (exact) mass is 291 g/mol. The van der Waals surface area contributed by atoms with Crippen molar-refractivity contribution in [2.45, 2.75) is 33.0 Å². The lowest BCUT2D eigenvalue weighted by atomic mass is 10.1. The van der Waals surface area contributed by atoms with Gasteiger partial charge >= 0.3 is 0 Å². The first-order valence-electron chi connectivity index (χ1n) is 6.93. The van der Waals surface area contributed by atoms with Crippen molar-refractivity contribution in [3.8, 4) is 5.75 Å². The average molecular weight is 291 g/mol. The molecule has 0 aliphatic rings. The molecule has 112 valence electrons. The normalized spacial score (nSPS) is 10.9. The van der Waals surface area contributed by atoms with Gasteiger partial charge in [-0.05, 0) is 23.3 Å². The van der Waals surface area contributed by atoms with Crippen LogP contribution in [0.5, 0.6) is 5.75 Å². The van der Waals surface area contributed by atoms with Crippen molar-refractivity contribution < 1.29 is 13.5 Å². The highest BCUT2D eigenvalue weighted by Crippen LogP contribution is 2.17. The van der Waals surface area contributed by atoms with Gasteiger partial charge in [0.1, 0.15) is 12.4 Å². The Morgan fingerprint density at radius 2 is 1.76 bits per heavy atom. The van der Waals surface area contributed by atoms with Crippen LogP contribution in [0.2, 0.25) is 0 Å². The summed E-state index contributed by atoms with van der Waals surface area (Å²) in [7, 11) is 0. The van der Waals surface area contributed by atoms with E-state index in [9.17, 15) is 8.78 Å². The second-order valence-corrected chi connectivity index (χ2v) is 5.22. The first-order chi connectivity index (χ1) is 10.0. The zero-order valence-corrected chi connectivity index (χ0v) is 12.2. The lowest BCUT2D eigenvalue weighted by molar-refractivity contribution is 0.303. The van der Waals surface area contributed by atoms with Gasteiger partial charge in [-0.3, -0.25) is 0 Å². The predicted octanol–water partition coefficient (Wildman–Crippen LogP) is 4.04. The van der Waals surface area contributed by atoms with E-state index in [1.54, 1.807) is 0 Å². The molecule has 0 saturated heterocycles. The van der Waals surface area contributed by atoms with Crippen LogP contribution in [0, 0.1) is 11.6 Å². The van der Waals surface area contributed by atoms with Gasteiger partial charge < -0.3 is 10.1 Å². The molecule has 0 fully saturated rings. The number of ether oxygens (including phenoxy) is 1. The second kappa shape index (κ2) is 7.18. The third-order valence-corrected chi connectivity index (χ3v) is 3.00. The Balaban J connectivity index is 1.96. The molecule has 4 heteroatoms. The van der Waals surface area contributed by atoms with Gasteiger partial charge in [-0.25, -0.2) is 8.78 Å². The van der Waals surface area contributed by atoms with Gasteiger partial charge in [0.15, 0.2) is 11.6 Å². The summed E-state index contributed by atoms with van der Waals surface area (Å²) in [5, 5.41) is 3.34. The summed E-state index contributed by atoms with van der Waals surface area (Å²) in [6.45, 7) is 5.29. The summed E-state index contributed by atoms with van der Waals surface area (Å²) < 4.78 is 31.4. The summed E-state index contributed by atoms with van der Waals surface area (Å²) in [6, 6.07) is 11.9. The molecule has 0 aromatic heterocycles. The van der Waals surface area contributed by atoms with Crippen molar-refractivity contribution in [1.82, 2.24) is 5.32 Å². The topological polar surface area (TPSA) is 21.3 Å². The van der Waals surface area contributed by atoms with E-state index in [0.717, 1.165) is 29.8 Å². The smallest absolute Gasteiger partial charge is 0.162 e. The van der Waals surface area contributed by atoms with Gasteiger partial charge in [-0.1, -0.05) is 38.1 Å². The Hall–Kier alpha value is -1.94. The maximum Gasteiger partial charge on any atom is 0.162 e. The number of nitrogens with one attached hydrogen (secondary N) is 1. The Morgan fingerprint density at radius 3 is 2.48 bits per heavy atom. The molecule has 2 rings (SSSR count). The van der Waals surface area contributed by atoms with E-state index in [0.29, 0.717) is 18.4 Å². The summed E-state index contributed by atoms with van der Waals surface area (Å²) in [6.07, 6.45) is 0. The number of benzene rings is 2. The molecule has 0 amide bonds. The largest absolute Gasteiger partial charge is 0.489 e. The fraction of sp³-hybridized carbons (Fsp3) is 0.294. The van der Waals surface area contributed by atoms with E-state index in [1.807, 2.05) is 24.3 Å². The zero-order chi connectivity index (χ0) is 15.2. The van der Waals surface area contributed by atoms with Gasteiger partial charge in [0, 0.05) is 18.7 Å². The van der Waals surface area contributed by atoms with Crippen LogP contribution in [0.3, 0.4) is 0 Å². The van der Waals surface area contributed by atoms with Crippen LogP contribution in [0.15, 0.2) is 42.5 Å². The van der Waals surface area contributed by atoms with E-state index in [1.165, 1.54) is 6.07 Å². The van der Waals surface area contributed by atoms with E-state index in [4.69, 9.17) is 4.74 Å². The van der Waals surface area contributed by atoms with Gasteiger partial charge in [0.05, 0.1) is 0 Å². The fourth-order valence-corrected chi connectivity index (χ4v) is 1.88. The highest BCUT2D eigenvalue weighted by molar-refractivity contribution is 5.26. The molecular weight excluding hydrogens is 272 g/mol. The zero-order valence-electron chi connectivity index (χ0n) is 12.2. The van der Waals surface area contributed by atoms with Crippen LogP contribution in [-0.2, 0) is 13.2 Å². The molecule has 0 saturated carbocycles. The first-order valence-corrected chi connectivity index (χ1v) is 6.93. The van der Waals surface area contributed by atoms with Crippen LogP contribution in [-0.4, -0.2) is 6.04 Å². The highest BCUT2D eigenvalue weighted by Gasteiger charge is 2.04. The van der Waals surface area contributed by atoms with Crippen molar-refractivity contribution >= 4 is 0 Å². The summed E-state index contributed by atoms with van der Waals surface area (Å²) in [4.78, 5) is 0. The predicted molar refractivity (Wildman–Crippen MR) is 79.1 cm³/mol. The third kappa shape index (κ3) is 4.83. The molecule has 0 radical (unpaired) electrons. The van der Waals surface area contributed by atoms with Crippen LogP contribution in [0.25, 0.3) is 0 Å². The van der Waals surface area contributed by atoms with E-state index in [2.05, 4.69) is 19.2 Å². The minimum Gasteiger partial charge on any atom is -0.489 e. The second-order valence-electron chi connectivity index (χ2n) is 5.22. The molecule has 21 heavy (non-hydrogen) atoms. The quantitative estimate of drug-likeness (QED) is 0.867. The Labute approximate surface area is 123 Å². The number of halogens is 2. The van der Waals surface area contributed by atoms with Gasteiger partial charge in [-0.15, -0.1) is 0 Å². The van der Waals surface area contributed by atoms with Crippen LogP contribution in [0.4, 0.5) is 8.78 Å². The molecule has 0 spiro atoms. The van der Waals surface area contributed by atoms with Crippen molar-refractivity contribution in [1.29, 1.82) is 0 Å². The molecule has 0 bridgehead atoms. The summed E-state index contributed by atoms with van der Waals surface area (Å²) in [5.74, 6) is -1.45. The van der Waals surface area contributed by atoms with Crippen molar-refractivity contribution in [2.24, 2.45) is 0 Å². The summed E-state index contributed by atoms with van der Waals surface area (Å²) >= 11 is 0. The molecule has 0 aliphatic carbocycles. The lowest BCUT2D eigenvalue weighted by Crippen LogP contribution is -2.21. The molecule has 1 N–H and O–H groups in total. The highest BCUT2D eigenvalue weighted by atomic mass is 19.2. The molecule has 0 unspecified atom stereocenters. The number of hydrogen-bond donors (Lipinski definition) is 1. The van der Waals surface area contributed by atoms with E-state index in [-0.39, 0.29) is 0 Å². The van der Waals surface area contributed by atoms with Crippen LogP contribution >= 0.6 is 0 Å². The number of rotatable bonds is 6. The number of hydrogen-bond acceptors (Lipinski definition) is 2. The Morgan fingerprint density at radius 1 is 1.00 bits per heavy atom. The van der Waals surface area contributed by atoms with Crippen molar-refractivity contribution in [3.05, 3.63) is 65.2 Å². The standard InChI is InChI=1S/C17H19F2NO/c1-12(2)20-10-13-4-3-5-14(8-13)11-21-15-6-7-16(18)17(19)9-15/h3-9,12,20H,10-11H2,1-2H3. The van der Waals surface area contributed by atoms with Gasteiger partial charge in [-0.2, -0.15) is 0 Å². The lowest BCUT2D eigenvalue weighted by Gasteiger charge is -2.10. The Bertz CT molecular complexity index is 599. The fourth-order valence-electron chi connectivity index (χ4n) is 1.88.